The SMILES string of the molecule is Cc1noc(CCNc2cc(NN)nc(C(F)(F)F)n2)n1. The van der Waals surface area contributed by atoms with Gasteiger partial charge in [-0.15, -0.1) is 0 Å². The number of nitrogens with zero attached hydrogens (tertiary/aromatic N) is 4. The van der Waals surface area contributed by atoms with E-state index in [4.69, 9.17) is 10.4 Å². The van der Waals surface area contributed by atoms with Crippen LogP contribution in [-0.4, -0.2) is 26.7 Å². The summed E-state index contributed by atoms with van der Waals surface area (Å²) in [5, 5.41) is 6.32. The number of aromatic nitrogens is 4. The summed E-state index contributed by atoms with van der Waals surface area (Å²) < 4.78 is 42.7. The molecule has 0 unspecified atom stereocenters. The predicted molar refractivity (Wildman–Crippen MR) is 66.1 cm³/mol. The summed E-state index contributed by atoms with van der Waals surface area (Å²) in [6.45, 7) is 1.93. The molecule has 0 spiro atoms. The Bertz CT molecular complexity index is 613. The zero-order valence-corrected chi connectivity index (χ0v) is 10.9. The van der Waals surface area contributed by atoms with Crippen molar-refractivity contribution in [1.82, 2.24) is 20.1 Å². The van der Waals surface area contributed by atoms with E-state index >= 15 is 0 Å². The number of nitrogens with two attached hydrogens (primary N) is 1. The van der Waals surface area contributed by atoms with Crippen LogP contribution in [0.2, 0.25) is 0 Å². The number of rotatable bonds is 5. The molecule has 0 radical (unpaired) electrons. The number of hydrazine groups is 1. The second-order valence-electron chi connectivity index (χ2n) is 4.02. The summed E-state index contributed by atoms with van der Waals surface area (Å²) in [5.41, 5.74) is 2.06. The number of halogens is 3. The molecule has 0 atom stereocenters. The standard InChI is InChI=1S/C10H12F3N7O/c1-5-16-8(21-20-5)2-3-15-6-4-7(19-14)18-9(17-6)10(11,12)13/h4H,2-3,14H2,1H3,(H2,15,17,18,19). The Morgan fingerprint density at radius 1 is 1.24 bits per heavy atom. The molecule has 0 saturated heterocycles. The Hall–Kier alpha value is -2.43. The van der Waals surface area contributed by atoms with Gasteiger partial charge < -0.3 is 15.3 Å². The molecule has 0 saturated carbocycles. The van der Waals surface area contributed by atoms with E-state index in [1.54, 1.807) is 6.92 Å². The Morgan fingerprint density at radius 2 is 1.95 bits per heavy atom. The van der Waals surface area contributed by atoms with E-state index in [0.717, 1.165) is 0 Å². The highest BCUT2D eigenvalue weighted by atomic mass is 19.4. The third-order valence-electron chi connectivity index (χ3n) is 2.34. The van der Waals surface area contributed by atoms with E-state index in [2.05, 4.69) is 30.9 Å². The minimum absolute atomic E-state index is 0.0125. The van der Waals surface area contributed by atoms with Crippen LogP contribution in [0.1, 0.15) is 17.5 Å². The highest BCUT2D eigenvalue weighted by molar-refractivity contribution is 5.47. The smallest absolute Gasteiger partial charge is 0.369 e. The minimum atomic E-state index is -4.66. The first kappa shape index (κ1) is 15.0. The molecule has 2 aromatic rings. The molecule has 4 N–H and O–H groups in total. The Morgan fingerprint density at radius 3 is 2.52 bits per heavy atom. The molecule has 114 valence electrons. The van der Waals surface area contributed by atoms with Gasteiger partial charge >= 0.3 is 6.18 Å². The van der Waals surface area contributed by atoms with Crippen molar-refractivity contribution in [3.63, 3.8) is 0 Å². The van der Waals surface area contributed by atoms with E-state index in [1.165, 1.54) is 6.07 Å². The molecule has 0 amide bonds. The molecule has 8 nitrogen and oxygen atoms in total. The van der Waals surface area contributed by atoms with Gasteiger partial charge in [-0.3, -0.25) is 0 Å². The minimum Gasteiger partial charge on any atom is -0.369 e. The van der Waals surface area contributed by atoms with Crippen LogP contribution in [0, 0.1) is 6.92 Å². The highest BCUT2D eigenvalue weighted by Gasteiger charge is 2.35. The number of hydrogen-bond donors (Lipinski definition) is 3. The van der Waals surface area contributed by atoms with Crippen LogP contribution in [0.5, 0.6) is 0 Å². The molecule has 11 heteroatoms. The van der Waals surface area contributed by atoms with Crippen molar-refractivity contribution in [3.8, 4) is 0 Å². The van der Waals surface area contributed by atoms with Crippen LogP contribution >= 0.6 is 0 Å². The molecule has 0 aliphatic heterocycles. The van der Waals surface area contributed by atoms with Gasteiger partial charge in [0.15, 0.2) is 5.82 Å². The lowest BCUT2D eigenvalue weighted by atomic mass is 10.4. The lowest BCUT2D eigenvalue weighted by molar-refractivity contribution is -0.144. The Labute approximate surface area is 116 Å². The van der Waals surface area contributed by atoms with E-state index in [-0.39, 0.29) is 18.2 Å². The van der Waals surface area contributed by atoms with Crippen LogP contribution in [-0.2, 0) is 12.6 Å². The average molecular weight is 303 g/mol. The van der Waals surface area contributed by atoms with Crippen LogP contribution in [0.3, 0.4) is 0 Å². The quantitative estimate of drug-likeness (QED) is 0.556. The zero-order valence-electron chi connectivity index (χ0n) is 10.9. The van der Waals surface area contributed by atoms with Gasteiger partial charge in [0.05, 0.1) is 0 Å². The molecule has 2 aromatic heterocycles. The molecule has 2 rings (SSSR count). The van der Waals surface area contributed by atoms with Gasteiger partial charge in [-0.1, -0.05) is 5.16 Å². The third-order valence-corrected chi connectivity index (χ3v) is 2.34. The van der Waals surface area contributed by atoms with E-state index < -0.39 is 12.0 Å². The number of alkyl halides is 3. The maximum absolute atomic E-state index is 12.6. The normalized spacial score (nSPS) is 11.5. The molecular weight excluding hydrogens is 291 g/mol. The van der Waals surface area contributed by atoms with Crippen molar-refractivity contribution in [2.75, 3.05) is 17.3 Å². The van der Waals surface area contributed by atoms with Crippen molar-refractivity contribution in [2.24, 2.45) is 5.84 Å². The molecule has 2 heterocycles. The fourth-order valence-corrected chi connectivity index (χ4v) is 1.48. The van der Waals surface area contributed by atoms with Crippen molar-refractivity contribution < 1.29 is 17.7 Å². The summed E-state index contributed by atoms with van der Waals surface area (Å²) >= 11 is 0. The topological polar surface area (TPSA) is 115 Å². The van der Waals surface area contributed by atoms with Gasteiger partial charge in [-0.05, 0) is 6.92 Å². The molecule has 0 aromatic carbocycles. The van der Waals surface area contributed by atoms with Crippen LogP contribution in [0.4, 0.5) is 24.8 Å². The number of anilines is 2. The van der Waals surface area contributed by atoms with Crippen molar-refractivity contribution in [3.05, 3.63) is 23.6 Å². The summed E-state index contributed by atoms with van der Waals surface area (Å²) in [5.74, 6) is 4.51. The molecule has 0 aliphatic rings. The Balaban J connectivity index is 2.05. The van der Waals surface area contributed by atoms with Crippen molar-refractivity contribution in [2.45, 2.75) is 19.5 Å². The lowest BCUT2D eigenvalue weighted by Crippen LogP contribution is -2.17. The number of aryl methyl sites for hydroxylation is 1. The lowest BCUT2D eigenvalue weighted by Gasteiger charge is -2.10. The predicted octanol–water partition coefficient (Wildman–Crippen LogP) is 1.13. The first-order valence-electron chi connectivity index (χ1n) is 5.84. The highest BCUT2D eigenvalue weighted by Crippen LogP contribution is 2.28. The van der Waals surface area contributed by atoms with Gasteiger partial charge in [0.2, 0.25) is 11.7 Å². The summed E-state index contributed by atoms with van der Waals surface area (Å²) in [6, 6.07) is 1.26. The van der Waals surface area contributed by atoms with Gasteiger partial charge in [0.25, 0.3) is 0 Å². The molecule has 0 fully saturated rings. The van der Waals surface area contributed by atoms with Crippen LogP contribution in [0.25, 0.3) is 0 Å². The Kier molecular flexibility index (Phi) is 4.21. The number of nitrogens with one attached hydrogen (secondary N) is 2. The van der Waals surface area contributed by atoms with E-state index in [1.807, 2.05) is 0 Å². The van der Waals surface area contributed by atoms with Crippen LogP contribution < -0.4 is 16.6 Å². The van der Waals surface area contributed by atoms with Crippen molar-refractivity contribution >= 4 is 11.6 Å². The average Bonchev–Trinajstić information content (AvgIpc) is 2.83. The zero-order chi connectivity index (χ0) is 15.5. The fraction of sp³-hybridized carbons (Fsp3) is 0.400. The maximum atomic E-state index is 12.6. The molecular formula is C10H12F3N7O. The van der Waals surface area contributed by atoms with Gasteiger partial charge in [0.1, 0.15) is 11.6 Å². The third kappa shape index (κ3) is 4.02. The van der Waals surface area contributed by atoms with Gasteiger partial charge in [-0.25, -0.2) is 15.8 Å². The first-order valence-corrected chi connectivity index (χ1v) is 5.84. The monoisotopic (exact) mass is 303 g/mol. The second kappa shape index (κ2) is 5.91. The molecule has 21 heavy (non-hydrogen) atoms. The van der Waals surface area contributed by atoms with Crippen molar-refractivity contribution in [1.29, 1.82) is 0 Å². The summed E-state index contributed by atoms with van der Waals surface area (Å²) in [6.07, 6.45) is -4.32. The number of nitrogen functional groups attached to an aromatic ring is 1. The number of hydrogen-bond acceptors (Lipinski definition) is 8. The largest absolute Gasteiger partial charge is 0.451 e. The van der Waals surface area contributed by atoms with Crippen LogP contribution in [0.15, 0.2) is 10.6 Å². The van der Waals surface area contributed by atoms with Gasteiger partial charge in [-0.2, -0.15) is 18.2 Å². The molecule has 0 bridgehead atoms. The summed E-state index contributed by atoms with van der Waals surface area (Å²) in [4.78, 5) is 10.6. The summed E-state index contributed by atoms with van der Waals surface area (Å²) in [7, 11) is 0. The second-order valence-corrected chi connectivity index (χ2v) is 4.02. The first-order chi connectivity index (χ1) is 9.88. The fourth-order valence-electron chi connectivity index (χ4n) is 1.48. The maximum Gasteiger partial charge on any atom is 0.451 e. The van der Waals surface area contributed by atoms with E-state index in [0.29, 0.717) is 18.1 Å². The van der Waals surface area contributed by atoms with E-state index in [9.17, 15) is 13.2 Å². The molecule has 0 aliphatic carbocycles. The van der Waals surface area contributed by atoms with Gasteiger partial charge in [0, 0.05) is 19.0 Å².